The van der Waals surface area contributed by atoms with E-state index >= 15 is 0 Å². The lowest BCUT2D eigenvalue weighted by atomic mass is 9.98. The summed E-state index contributed by atoms with van der Waals surface area (Å²) in [7, 11) is 0. The molecule has 1 saturated heterocycles. The van der Waals surface area contributed by atoms with E-state index in [1.54, 1.807) is 0 Å². The van der Waals surface area contributed by atoms with Gasteiger partial charge in [0, 0.05) is 24.7 Å². The topological polar surface area (TPSA) is 15.3 Å². The van der Waals surface area contributed by atoms with Gasteiger partial charge >= 0.3 is 0 Å². The van der Waals surface area contributed by atoms with Crippen molar-refractivity contribution in [2.45, 2.75) is 65.5 Å². The SMILES string of the molecule is CCC(C)(C)NCC(C)N1CCCC(C)C1. The van der Waals surface area contributed by atoms with Crippen molar-refractivity contribution in [1.82, 2.24) is 10.2 Å². The Labute approximate surface area is 102 Å². The zero-order chi connectivity index (χ0) is 12.2. The van der Waals surface area contributed by atoms with Gasteiger partial charge in [0.25, 0.3) is 0 Å². The second-order valence-corrected chi connectivity index (χ2v) is 6.21. The largest absolute Gasteiger partial charge is 0.310 e. The summed E-state index contributed by atoms with van der Waals surface area (Å²) in [6.45, 7) is 15.3. The van der Waals surface area contributed by atoms with Crippen LogP contribution in [0.4, 0.5) is 0 Å². The molecule has 1 fully saturated rings. The Hall–Kier alpha value is -0.0800. The van der Waals surface area contributed by atoms with E-state index in [0.29, 0.717) is 6.04 Å². The van der Waals surface area contributed by atoms with Gasteiger partial charge < -0.3 is 5.32 Å². The van der Waals surface area contributed by atoms with Gasteiger partial charge in [0.1, 0.15) is 0 Å². The van der Waals surface area contributed by atoms with Crippen molar-refractivity contribution in [3.05, 3.63) is 0 Å². The van der Waals surface area contributed by atoms with Crippen molar-refractivity contribution >= 4 is 0 Å². The number of nitrogens with zero attached hydrogens (tertiary/aromatic N) is 1. The second-order valence-electron chi connectivity index (χ2n) is 6.21. The van der Waals surface area contributed by atoms with Gasteiger partial charge in [-0.3, -0.25) is 4.90 Å². The Morgan fingerprint density at radius 1 is 1.44 bits per heavy atom. The van der Waals surface area contributed by atoms with E-state index in [-0.39, 0.29) is 5.54 Å². The standard InChI is InChI=1S/C14H30N2/c1-6-14(4,5)15-10-13(3)16-9-7-8-12(2)11-16/h12-13,15H,6-11H2,1-5H3. The molecule has 1 heterocycles. The maximum absolute atomic E-state index is 3.68. The van der Waals surface area contributed by atoms with Crippen LogP contribution in [0.25, 0.3) is 0 Å². The molecule has 2 nitrogen and oxygen atoms in total. The van der Waals surface area contributed by atoms with Gasteiger partial charge in [-0.1, -0.05) is 13.8 Å². The van der Waals surface area contributed by atoms with Crippen molar-refractivity contribution in [3.8, 4) is 0 Å². The first kappa shape index (κ1) is 14.0. The normalized spacial score (nSPS) is 25.7. The fourth-order valence-corrected chi connectivity index (χ4v) is 2.30. The molecule has 1 aliphatic heterocycles. The van der Waals surface area contributed by atoms with Gasteiger partial charge in [-0.25, -0.2) is 0 Å². The smallest absolute Gasteiger partial charge is 0.0192 e. The highest BCUT2D eigenvalue weighted by Crippen LogP contribution is 2.17. The predicted molar refractivity (Wildman–Crippen MR) is 71.8 cm³/mol. The third-order valence-corrected chi connectivity index (χ3v) is 4.07. The molecule has 0 aromatic rings. The summed E-state index contributed by atoms with van der Waals surface area (Å²) in [5, 5.41) is 3.68. The number of rotatable bonds is 5. The monoisotopic (exact) mass is 226 g/mol. The number of hydrogen-bond acceptors (Lipinski definition) is 2. The van der Waals surface area contributed by atoms with Crippen LogP contribution in [-0.4, -0.2) is 36.1 Å². The van der Waals surface area contributed by atoms with Gasteiger partial charge in [0.15, 0.2) is 0 Å². The summed E-state index contributed by atoms with van der Waals surface area (Å²) in [5.74, 6) is 0.885. The number of hydrogen-bond donors (Lipinski definition) is 1. The van der Waals surface area contributed by atoms with Crippen LogP contribution in [0.1, 0.15) is 53.9 Å². The summed E-state index contributed by atoms with van der Waals surface area (Å²) in [6, 6.07) is 0.675. The Balaban J connectivity index is 2.31. The first-order chi connectivity index (χ1) is 7.44. The fourth-order valence-electron chi connectivity index (χ4n) is 2.30. The third kappa shape index (κ3) is 4.42. The molecule has 1 rings (SSSR count). The zero-order valence-corrected chi connectivity index (χ0v) is 11.8. The molecule has 16 heavy (non-hydrogen) atoms. The van der Waals surface area contributed by atoms with E-state index in [0.717, 1.165) is 12.5 Å². The lowest BCUT2D eigenvalue weighted by Gasteiger charge is -2.37. The molecular formula is C14H30N2. The summed E-state index contributed by atoms with van der Waals surface area (Å²) in [5.41, 5.74) is 0.287. The van der Waals surface area contributed by atoms with Crippen LogP contribution in [0, 0.1) is 5.92 Å². The lowest BCUT2D eigenvalue weighted by Crippen LogP contribution is -2.49. The molecule has 2 unspecified atom stereocenters. The van der Waals surface area contributed by atoms with Gasteiger partial charge in [-0.05, 0) is 52.5 Å². The first-order valence-electron chi connectivity index (χ1n) is 6.93. The lowest BCUT2D eigenvalue weighted by molar-refractivity contribution is 0.131. The predicted octanol–water partition coefficient (Wildman–Crippen LogP) is 2.89. The van der Waals surface area contributed by atoms with E-state index in [9.17, 15) is 0 Å². The maximum Gasteiger partial charge on any atom is 0.0192 e. The Kier molecular flexibility index (Phi) is 5.26. The Morgan fingerprint density at radius 2 is 2.12 bits per heavy atom. The summed E-state index contributed by atoms with van der Waals surface area (Å²) >= 11 is 0. The fraction of sp³-hybridized carbons (Fsp3) is 1.00. The van der Waals surface area contributed by atoms with E-state index in [2.05, 4.69) is 44.8 Å². The summed E-state index contributed by atoms with van der Waals surface area (Å²) in [6.07, 6.45) is 3.98. The van der Waals surface area contributed by atoms with Crippen molar-refractivity contribution in [1.29, 1.82) is 0 Å². The number of piperidine rings is 1. The number of likely N-dealkylation sites (tertiary alicyclic amines) is 1. The van der Waals surface area contributed by atoms with E-state index in [4.69, 9.17) is 0 Å². The molecule has 0 amide bonds. The molecule has 2 atom stereocenters. The van der Waals surface area contributed by atoms with Crippen LogP contribution >= 0.6 is 0 Å². The van der Waals surface area contributed by atoms with Crippen molar-refractivity contribution < 1.29 is 0 Å². The molecule has 0 aliphatic carbocycles. The maximum atomic E-state index is 3.68. The summed E-state index contributed by atoms with van der Waals surface area (Å²) < 4.78 is 0. The first-order valence-corrected chi connectivity index (χ1v) is 6.93. The van der Waals surface area contributed by atoms with Gasteiger partial charge in [0.05, 0.1) is 0 Å². The molecule has 1 aliphatic rings. The van der Waals surface area contributed by atoms with E-state index < -0.39 is 0 Å². The van der Waals surface area contributed by atoms with Crippen LogP contribution in [0.15, 0.2) is 0 Å². The molecular weight excluding hydrogens is 196 g/mol. The van der Waals surface area contributed by atoms with Gasteiger partial charge in [-0.15, -0.1) is 0 Å². The molecule has 0 spiro atoms. The highest BCUT2D eigenvalue weighted by atomic mass is 15.2. The van der Waals surface area contributed by atoms with E-state index in [1.807, 2.05) is 0 Å². The molecule has 96 valence electrons. The van der Waals surface area contributed by atoms with E-state index in [1.165, 1.54) is 32.4 Å². The van der Waals surface area contributed by atoms with Crippen molar-refractivity contribution in [3.63, 3.8) is 0 Å². The molecule has 0 saturated carbocycles. The minimum atomic E-state index is 0.287. The minimum absolute atomic E-state index is 0.287. The third-order valence-electron chi connectivity index (χ3n) is 4.07. The van der Waals surface area contributed by atoms with Gasteiger partial charge in [-0.2, -0.15) is 0 Å². The second kappa shape index (κ2) is 6.02. The zero-order valence-electron chi connectivity index (χ0n) is 11.8. The van der Waals surface area contributed by atoms with Crippen LogP contribution in [0.2, 0.25) is 0 Å². The molecule has 0 bridgehead atoms. The van der Waals surface area contributed by atoms with Crippen molar-refractivity contribution in [2.75, 3.05) is 19.6 Å². The number of nitrogens with one attached hydrogen (secondary N) is 1. The van der Waals surface area contributed by atoms with Crippen LogP contribution < -0.4 is 5.32 Å². The molecule has 0 aromatic carbocycles. The average molecular weight is 226 g/mol. The minimum Gasteiger partial charge on any atom is -0.310 e. The quantitative estimate of drug-likeness (QED) is 0.775. The average Bonchev–Trinajstić information content (AvgIpc) is 2.26. The molecule has 2 heteroatoms. The summed E-state index contributed by atoms with van der Waals surface area (Å²) in [4.78, 5) is 2.65. The van der Waals surface area contributed by atoms with Crippen molar-refractivity contribution in [2.24, 2.45) is 5.92 Å². The van der Waals surface area contributed by atoms with Gasteiger partial charge in [0.2, 0.25) is 0 Å². The highest BCUT2D eigenvalue weighted by Gasteiger charge is 2.22. The Morgan fingerprint density at radius 3 is 2.69 bits per heavy atom. The molecule has 1 N–H and O–H groups in total. The van der Waals surface area contributed by atoms with Crippen LogP contribution in [0.5, 0.6) is 0 Å². The van der Waals surface area contributed by atoms with Crippen LogP contribution in [0.3, 0.4) is 0 Å². The van der Waals surface area contributed by atoms with Crippen LogP contribution in [-0.2, 0) is 0 Å². The molecule has 0 aromatic heterocycles. The molecule has 0 radical (unpaired) electrons. The highest BCUT2D eigenvalue weighted by molar-refractivity contribution is 4.81. The Bertz CT molecular complexity index is 201.